The molecule has 0 fully saturated rings. The summed E-state index contributed by atoms with van der Waals surface area (Å²) in [5.74, 6) is 3.31. The summed E-state index contributed by atoms with van der Waals surface area (Å²) in [4.78, 5) is 34.5. The molecule has 3 aromatic rings. The predicted molar refractivity (Wildman–Crippen MR) is 150 cm³/mol. The summed E-state index contributed by atoms with van der Waals surface area (Å²) in [5, 5.41) is 0.571. The molecule has 0 bridgehead atoms. The summed E-state index contributed by atoms with van der Waals surface area (Å²) in [6.07, 6.45) is 7.07. The van der Waals surface area contributed by atoms with Crippen molar-refractivity contribution in [1.82, 2.24) is 9.47 Å². The first-order chi connectivity index (χ1) is 18.3. The van der Waals surface area contributed by atoms with Gasteiger partial charge in [-0.1, -0.05) is 47.1 Å². The van der Waals surface area contributed by atoms with E-state index in [4.69, 9.17) is 32.5 Å². The number of ether oxygens (including phenoxy) is 2. The molecule has 0 radical (unpaired) electrons. The highest BCUT2D eigenvalue weighted by Crippen LogP contribution is 2.32. The molecule has 2 heterocycles. The summed E-state index contributed by atoms with van der Waals surface area (Å²) in [5.41, 5.74) is 2.36. The fraction of sp³-hybridized carbons (Fsp3) is 0.276. The smallest absolute Gasteiger partial charge is 0.271 e. The highest BCUT2D eigenvalue weighted by Gasteiger charge is 2.34. The van der Waals surface area contributed by atoms with Gasteiger partial charge in [-0.3, -0.25) is 14.2 Å². The van der Waals surface area contributed by atoms with Crippen LogP contribution in [0.4, 0.5) is 0 Å². The number of likely N-dealkylation sites (N-methyl/N-ethyl adjacent to an activating group) is 1. The maximum absolute atomic E-state index is 13.8. The van der Waals surface area contributed by atoms with Gasteiger partial charge in [-0.15, -0.1) is 6.42 Å². The van der Waals surface area contributed by atoms with Crippen LogP contribution in [0.25, 0.3) is 6.08 Å². The summed E-state index contributed by atoms with van der Waals surface area (Å²) in [7, 11) is 1.54. The summed E-state index contributed by atoms with van der Waals surface area (Å²) < 4.78 is 13.0. The minimum absolute atomic E-state index is 0.118. The van der Waals surface area contributed by atoms with E-state index in [-0.39, 0.29) is 18.1 Å². The van der Waals surface area contributed by atoms with Gasteiger partial charge in [0.25, 0.3) is 11.5 Å². The monoisotopic (exact) mass is 549 g/mol. The molecule has 1 aliphatic rings. The van der Waals surface area contributed by atoms with Crippen molar-refractivity contribution < 1.29 is 14.3 Å². The molecule has 7 nitrogen and oxygen atoms in total. The molecule has 38 heavy (non-hydrogen) atoms. The fourth-order valence-corrected chi connectivity index (χ4v) is 5.57. The van der Waals surface area contributed by atoms with E-state index in [0.29, 0.717) is 50.2 Å². The lowest BCUT2D eigenvalue weighted by Crippen LogP contribution is -2.43. The van der Waals surface area contributed by atoms with E-state index in [0.717, 1.165) is 11.1 Å². The number of halogens is 1. The van der Waals surface area contributed by atoms with Gasteiger partial charge in [0.2, 0.25) is 0 Å². The predicted octanol–water partition coefficient (Wildman–Crippen LogP) is 3.78. The number of amides is 1. The van der Waals surface area contributed by atoms with E-state index in [1.54, 1.807) is 46.9 Å². The van der Waals surface area contributed by atoms with Crippen molar-refractivity contribution in [3.63, 3.8) is 0 Å². The van der Waals surface area contributed by atoms with Crippen LogP contribution in [0.1, 0.15) is 37.9 Å². The number of hydrogen-bond acceptors (Lipinski definition) is 6. The third kappa shape index (κ3) is 5.26. The lowest BCUT2D eigenvalue weighted by Gasteiger charge is -2.29. The molecule has 196 valence electrons. The Kier molecular flexibility index (Phi) is 8.40. The zero-order valence-electron chi connectivity index (χ0n) is 21.7. The lowest BCUT2D eigenvalue weighted by atomic mass is 9.94. The molecule has 9 heteroatoms. The van der Waals surface area contributed by atoms with E-state index < -0.39 is 6.04 Å². The minimum atomic E-state index is -0.632. The number of methoxy groups -OCH3 is 1. The van der Waals surface area contributed by atoms with Crippen molar-refractivity contribution in [3.05, 3.63) is 89.6 Å². The first-order valence-corrected chi connectivity index (χ1v) is 13.3. The SMILES string of the molecule is C#CCOc1ccc(/C=c2/sc3n(c2=O)[C@@H](c2ccc(Cl)cc2)C(C(=O)N(CC)CC)=C(C)N=3)cc1OC. The number of carbonyl (C=O) groups is 1. The van der Waals surface area contributed by atoms with E-state index in [9.17, 15) is 9.59 Å². The highest BCUT2D eigenvalue weighted by molar-refractivity contribution is 7.07. The van der Waals surface area contributed by atoms with Crippen LogP contribution in [-0.2, 0) is 4.79 Å². The standard InChI is InChI=1S/C29H28ClN3O4S/c1-6-15-37-22-14-9-19(16-23(22)36-5)17-24-27(34)33-26(20-10-12-21(30)13-11-20)25(18(4)31-29(33)38-24)28(35)32(7-2)8-3/h1,9-14,16-17,26H,7-8,15H2,2-5H3/b24-17+/t26-/m0/s1. The molecule has 0 unspecified atom stereocenters. The van der Waals surface area contributed by atoms with Crippen LogP contribution in [0.5, 0.6) is 11.5 Å². The number of aromatic nitrogens is 1. The number of nitrogens with zero attached hydrogens (tertiary/aromatic N) is 3. The molecule has 1 atom stereocenters. The second kappa shape index (κ2) is 11.7. The van der Waals surface area contributed by atoms with Crippen LogP contribution < -0.4 is 24.4 Å². The van der Waals surface area contributed by atoms with Gasteiger partial charge in [-0.25, -0.2) is 4.99 Å². The Morgan fingerprint density at radius 3 is 2.55 bits per heavy atom. The number of hydrogen-bond donors (Lipinski definition) is 0. The number of rotatable bonds is 8. The first kappa shape index (κ1) is 27.2. The van der Waals surface area contributed by atoms with Crippen molar-refractivity contribution >= 4 is 34.9 Å². The summed E-state index contributed by atoms with van der Waals surface area (Å²) in [6.45, 7) is 6.89. The molecule has 0 N–H and O–H groups in total. The van der Waals surface area contributed by atoms with E-state index in [1.165, 1.54) is 11.3 Å². The van der Waals surface area contributed by atoms with Gasteiger partial charge in [0.15, 0.2) is 16.3 Å². The summed E-state index contributed by atoms with van der Waals surface area (Å²) >= 11 is 7.43. The van der Waals surface area contributed by atoms with Crippen molar-refractivity contribution in [1.29, 1.82) is 0 Å². The van der Waals surface area contributed by atoms with E-state index >= 15 is 0 Å². The topological polar surface area (TPSA) is 73.1 Å². The molecule has 1 aromatic heterocycles. The van der Waals surface area contributed by atoms with Gasteiger partial charge in [0.1, 0.15) is 6.61 Å². The second-order valence-corrected chi connectivity index (χ2v) is 9.96. The Labute approximate surface area is 230 Å². The average Bonchev–Trinajstić information content (AvgIpc) is 3.22. The van der Waals surface area contributed by atoms with Crippen LogP contribution in [0, 0.1) is 12.3 Å². The largest absolute Gasteiger partial charge is 0.493 e. The molecule has 4 rings (SSSR count). The quantitative estimate of drug-likeness (QED) is 0.401. The molecule has 0 saturated carbocycles. The molecule has 0 aliphatic carbocycles. The van der Waals surface area contributed by atoms with E-state index in [2.05, 4.69) is 5.92 Å². The third-order valence-electron chi connectivity index (χ3n) is 6.28. The number of thiazole rings is 1. The zero-order chi connectivity index (χ0) is 27.4. The number of carbonyl (C=O) groups excluding carboxylic acids is 1. The molecule has 1 amide bonds. The lowest BCUT2D eigenvalue weighted by molar-refractivity contribution is -0.127. The summed E-state index contributed by atoms with van der Waals surface area (Å²) in [6, 6.07) is 11.9. The Morgan fingerprint density at radius 1 is 1.21 bits per heavy atom. The molecule has 0 saturated heterocycles. The van der Waals surface area contributed by atoms with Crippen molar-refractivity contribution in [2.45, 2.75) is 26.8 Å². The van der Waals surface area contributed by atoms with Crippen LogP contribution in [0.3, 0.4) is 0 Å². The first-order valence-electron chi connectivity index (χ1n) is 12.1. The average molecular weight is 550 g/mol. The van der Waals surface area contributed by atoms with Crippen molar-refractivity contribution in [2.75, 3.05) is 26.8 Å². The molecule has 1 aliphatic heterocycles. The van der Waals surface area contributed by atoms with E-state index in [1.807, 2.05) is 39.0 Å². The number of terminal acetylenes is 1. The third-order valence-corrected chi connectivity index (χ3v) is 7.52. The van der Waals surface area contributed by atoms with Crippen molar-refractivity contribution in [2.24, 2.45) is 4.99 Å². The minimum Gasteiger partial charge on any atom is -0.493 e. The van der Waals surface area contributed by atoms with Crippen LogP contribution >= 0.6 is 22.9 Å². The van der Waals surface area contributed by atoms with Gasteiger partial charge in [-0.2, -0.15) is 0 Å². The highest BCUT2D eigenvalue weighted by atomic mass is 35.5. The van der Waals surface area contributed by atoms with Gasteiger partial charge in [0, 0.05) is 18.1 Å². The zero-order valence-corrected chi connectivity index (χ0v) is 23.2. The second-order valence-electron chi connectivity index (χ2n) is 8.51. The number of fused-ring (bicyclic) bond motifs is 1. The Balaban J connectivity index is 1.89. The Morgan fingerprint density at radius 2 is 1.92 bits per heavy atom. The Bertz CT molecular complexity index is 1610. The fourth-order valence-electron chi connectivity index (χ4n) is 4.40. The van der Waals surface area contributed by atoms with Crippen LogP contribution in [0.15, 0.2) is 63.5 Å². The van der Waals surface area contributed by atoms with Gasteiger partial charge in [-0.05, 0) is 62.2 Å². The van der Waals surface area contributed by atoms with Crippen LogP contribution in [0.2, 0.25) is 5.02 Å². The van der Waals surface area contributed by atoms with Crippen LogP contribution in [-0.4, -0.2) is 42.2 Å². The van der Waals surface area contributed by atoms with Gasteiger partial charge in [0.05, 0.1) is 29.0 Å². The van der Waals surface area contributed by atoms with Crippen molar-refractivity contribution in [3.8, 4) is 23.8 Å². The Hall–Kier alpha value is -3.80. The van der Waals surface area contributed by atoms with Gasteiger partial charge >= 0.3 is 0 Å². The molecule has 2 aromatic carbocycles. The normalized spacial score (nSPS) is 14.9. The molecule has 0 spiro atoms. The maximum Gasteiger partial charge on any atom is 0.271 e. The molecular weight excluding hydrogens is 522 g/mol. The van der Waals surface area contributed by atoms with Gasteiger partial charge < -0.3 is 14.4 Å². The number of benzene rings is 2. The maximum atomic E-state index is 13.8. The molecular formula is C29H28ClN3O4S. The number of allylic oxidation sites excluding steroid dienone is 1.